The topological polar surface area (TPSA) is 91.3 Å². The van der Waals surface area contributed by atoms with E-state index in [0.717, 1.165) is 18.3 Å². The van der Waals surface area contributed by atoms with Crippen molar-refractivity contribution in [2.24, 2.45) is 5.92 Å². The summed E-state index contributed by atoms with van der Waals surface area (Å²) in [6.07, 6.45) is -1.59. The number of alkyl halides is 3. The molecule has 0 aromatic carbocycles. The SMILES string of the molecule is O=C(Nc1cc(C(F)(F)F)ccn1)NC1CCC(C(=O)O)CC1. The quantitative estimate of drug-likeness (QED) is 0.794. The first-order valence-corrected chi connectivity index (χ1v) is 7.09. The van der Waals surface area contributed by atoms with E-state index in [1.165, 1.54) is 0 Å². The summed E-state index contributed by atoms with van der Waals surface area (Å²) in [5.74, 6) is -1.45. The van der Waals surface area contributed by atoms with Gasteiger partial charge in [-0.15, -0.1) is 0 Å². The Morgan fingerprint density at radius 2 is 1.87 bits per heavy atom. The van der Waals surface area contributed by atoms with Crippen molar-refractivity contribution in [1.82, 2.24) is 10.3 Å². The number of halogens is 3. The summed E-state index contributed by atoms with van der Waals surface area (Å²) in [6, 6.07) is 0.712. The summed E-state index contributed by atoms with van der Waals surface area (Å²) < 4.78 is 37.7. The molecule has 1 aliphatic rings. The minimum absolute atomic E-state index is 0.198. The summed E-state index contributed by atoms with van der Waals surface area (Å²) in [7, 11) is 0. The lowest BCUT2D eigenvalue weighted by molar-refractivity contribution is -0.143. The number of nitrogens with zero attached hydrogens (tertiary/aromatic N) is 1. The number of carbonyl (C=O) groups excluding carboxylic acids is 1. The van der Waals surface area contributed by atoms with Crippen molar-refractivity contribution in [1.29, 1.82) is 0 Å². The van der Waals surface area contributed by atoms with Crippen LogP contribution in [0.2, 0.25) is 0 Å². The molecule has 0 spiro atoms. The molecule has 1 aromatic heterocycles. The van der Waals surface area contributed by atoms with Crippen molar-refractivity contribution in [3.8, 4) is 0 Å². The molecule has 126 valence electrons. The van der Waals surface area contributed by atoms with Crippen LogP contribution in [0.4, 0.5) is 23.8 Å². The van der Waals surface area contributed by atoms with Gasteiger partial charge in [-0.1, -0.05) is 0 Å². The van der Waals surface area contributed by atoms with Gasteiger partial charge in [-0.3, -0.25) is 10.1 Å². The molecule has 1 saturated carbocycles. The van der Waals surface area contributed by atoms with Gasteiger partial charge in [-0.2, -0.15) is 13.2 Å². The van der Waals surface area contributed by atoms with Gasteiger partial charge in [-0.25, -0.2) is 9.78 Å². The van der Waals surface area contributed by atoms with Crippen LogP contribution in [0, 0.1) is 5.92 Å². The van der Waals surface area contributed by atoms with Gasteiger partial charge in [0.25, 0.3) is 0 Å². The van der Waals surface area contributed by atoms with Crippen LogP contribution in [0.3, 0.4) is 0 Å². The molecule has 1 aliphatic carbocycles. The molecule has 0 aliphatic heterocycles. The molecule has 6 nitrogen and oxygen atoms in total. The fourth-order valence-electron chi connectivity index (χ4n) is 2.50. The highest BCUT2D eigenvalue weighted by Gasteiger charge is 2.31. The average molecular weight is 331 g/mol. The van der Waals surface area contributed by atoms with E-state index in [0.29, 0.717) is 25.7 Å². The fourth-order valence-corrected chi connectivity index (χ4v) is 2.50. The zero-order valence-corrected chi connectivity index (χ0v) is 12.1. The molecule has 1 heterocycles. The summed E-state index contributed by atoms with van der Waals surface area (Å²) in [5, 5.41) is 13.8. The van der Waals surface area contributed by atoms with E-state index < -0.39 is 29.7 Å². The molecule has 0 unspecified atom stereocenters. The van der Waals surface area contributed by atoms with Crippen molar-refractivity contribution in [2.45, 2.75) is 37.9 Å². The van der Waals surface area contributed by atoms with Crippen LogP contribution in [0.1, 0.15) is 31.2 Å². The number of amides is 2. The number of hydrogen-bond donors (Lipinski definition) is 3. The second-order valence-corrected chi connectivity index (χ2v) is 5.41. The Morgan fingerprint density at radius 3 is 2.43 bits per heavy atom. The van der Waals surface area contributed by atoms with E-state index in [4.69, 9.17) is 5.11 Å². The first kappa shape index (κ1) is 17.0. The Balaban J connectivity index is 1.87. The van der Waals surface area contributed by atoms with Gasteiger partial charge in [0, 0.05) is 12.2 Å². The van der Waals surface area contributed by atoms with Gasteiger partial charge in [0.15, 0.2) is 0 Å². The monoisotopic (exact) mass is 331 g/mol. The number of nitrogens with one attached hydrogen (secondary N) is 2. The Kier molecular flexibility index (Phi) is 5.07. The standard InChI is InChI=1S/C14H16F3N3O3/c15-14(16,17)9-5-6-18-11(7-9)20-13(23)19-10-3-1-8(2-4-10)12(21)22/h5-8,10H,1-4H2,(H,21,22)(H2,18,19,20,23). The summed E-state index contributed by atoms with van der Waals surface area (Å²) in [5.41, 5.74) is -0.898. The lowest BCUT2D eigenvalue weighted by Crippen LogP contribution is -2.41. The van der Waals surface area contributed by atoms with Gasteiger partial charge >= 0.3 is 18.2 Å². The first-order valence-electron chi connectivity index (χ1n) is 7.09. The van der Waals surface area contributed by atoms with Crippen molar-refractivity contribution in [2.75, 3.05) is 5.32 Å². The number of carboxylic acid groups (broad SMARTS) is 1. The number of rotatable bonds is 3. The minimum Gasteiger partial charge on any atom is -0.481 e. The lowest BCUT2D eigenvalue weighted by atomic mass is 9.86. The van der Waals surface area contributed by atoms with Crippen molar-refractivity contribution < 1.29 is 27.9 Å². The number of carboxylic acids is 1. The van der Waals surface area contributed by atoms with Gasteiger partial charge in [0.05, 0.1) is 11.5 Å². The maximum absolute atomic E-state index is 12.6. The molecule has 0 saturated heterocycles. The minimum atomic E-state index is -4.51. The van der Waals surface area contributed by atoms with E-state index >= 15 is 0 Å². The van der Waals surface area contributed by atoms with Gasteiger partial charge in [0.1, 0.15) is 5.82 Å². The molecule has 2 amide bonds. The summed E-state index contributed by atoms with van der Waals surface area (Å²) in [4.78, 5) is 26.3. The molecule has 1 fully saturated rings. The summed E-state index contributed by atoms with van der Waals surface area (Å²) >= 11 is 0. The van der Waals surface area contributed by atoms with E-state index in [1.54, 1.807) is 0 Å². The second kappa shape index (κ2) is 6.84. The maximum atomic E-state index is 12.6. The van der Waals surface area contributed by atoms with Crippen LogP contribution >= 0.6 is 0 Å². The number of carbonyl (C=O) groups is 2. The van der Waals surface area contributed by atoms with E-state index in [9.17, 15) is 22.8 Å². The first-order chi connectivity index (χ1) is 10.8. The Labute approximate surface area is 130 Å². The van der Waals surface area contributed by atoms with Crippen LogP contribution in [0.15, 0.2) is 18.3 Å². The number of pyridine rings is 1. The van der Waals surface area contributed by atoms with Crippen LogP contribution in [-0.2, 0) is 11.0 Å². The van der Waals surface area contributed by atoms with Crippen molar-refractivity contribution >= 4 is 17.8 Å². The smallest absolute Gasteiger partial charge is 0.416 e. The molecule has 9 heteroatoms. The summed E-state index contributed by atoms with van der Waals surface area (Å²) in [6.45, 7) is 0. The highest BCUT2D eigenvalue weighted by atomic mass is 19.4. The third kappa shape index (κ3) is 4.83. The van der Waals surface area contributed by atoms with Crippen LogP contribution < -0.4 is 10.6 Å². The van der Waals surface area contributed by atoms with Crippen LogP contribution in [0.5, 0.6) is 0 Å². The number of urea groups is 1. The van der Waals surface area contributed by atoms with E-state index in [1.807, 2.05) is 0 Å². The molecular weight excluding hydrogens is 315 g/mol. The number of aromatic nitrogens is 1. The number of aliphatic carboxylic acids is 1. The maximum Gasteiger partial charge on any atom is 0.416 e. The highest BCUT2D eigenvalue weighted by molar-refractivity contribution is 5.88. The number of hydrogen-bond acceptors (Lipinski definition) is 3. The zero-order valence-electron chi connectivity index (χ0n) is 12.1. The molecule has 0 bridgehead atoms. The van der Waals surface area contributed by atoms with E-state index in [2.05, 4.69) is 15.6 Å². The second-order valence-electron chi connectivity index (χ2n) is 5.41. The molecule has 3 N–H and O–H groups in total. The molecule has 23 heavy (non-hydrogen) atoms. The molecule has 2 rings (SSSR count). The van der Waals surface area contributed by atoms with Crippen molar-refractivity contribution in [3.05, 3.63) is 23.9 Å². The highest BCUT2D eigenvalue weighted by Crippen LogP contribution is 2.30. The molecule has 1 aromatic rings. The number of anilines is 1. The van der Waals surface area contributed by atoms with Crippen molar-refractivity contribution in [3.63, 3.8) is 0 Å². The van der Waals surface area contributed by atoms with Gasteiger partial charge in [0.2, 0.25) is 0 Å². The largest absolute Gasteiger partial charge is 0.481 e. The Bertz CT molecular complexity index is 584. The predicted octanol–water partition coefficient (Wildman–Crippen LogP) is 2.87. The van der Waals surface area contributed by atoms with Crippen LogP contribution in [-0.4, -0.2) is 28.1 Å². The fraction of sp³-hybridized carbons (Fsp3) is 0.500. The Hall–Kier alpha value is -2.32. The normalized spacial score (nSPS) is 21.5. The van der Waals surface area contributed by atoms with E-state index in [-0.39, 0.29) is 11.9 Å². The Morgan fingerprint density at radius 1 is 1.22 bits per heavy atom. The zero-order chi connectivity index (χ0) is 17.0. The molecule has 0 atom stereocenters. The molecule has 0 radical (unpaired) electrons. The van der Waals surface area contributed by atoms with Crippen LogP contribution in [0.25, 0.3) is 0 Å². The molecular formula is C14H16F3N3O3. The van der Waals surface area contributed by atoms with Gasteiger partial charge in [-0.05, 0) is 37.8 Å². The predicted molar refractivity (Wildman–Crippen MR) is 74.8 cm³/mol. The third-order valence-electron chi connectivity index (χ3n) is 3.74. The third-order valence-corrected chi connectivity index (χ3v) is 3.74. The average Bonchev–Trinajstić information content (AvgIpc) is 2.47. The lowest BCUT2D eigenvalue weighted by Gasteiger charge is -2.26. The van der Waals surface area contributed by atoms with Gasteiger partial charge < -0.3 is 10.4 Å².